The first-order valence-electron chi connectivity index (χ1n) is 11.5. The van der Waals surface area contributed by atoms with Crippen LogP contribution in [0.3, 0.4) is 0 Å². The molecule has 0 atom stereocenters. The molecule has 0 aliphatic heterocycles. The summed E-state index contributed by atoms with van der Waals surface area (Å²) in [6, 6.07) is 44.5. The molecule has 0 spiro atoms. The maximum absolute atomic E-state index is 4.46. The van der Waals surface area contributed by atoms with Gasteiger partial charge in [0.1, 0.15) is 0 Å². The van der Waals surface area contributed by atoms with Gasteiger partial charge in [0.05, 0.1) is 0 Å². The first-order valence-corrected chi connectivity index (χ1v) is 11.5. The summed E-state index contributed by atoms with van der Waals surface area (Å²) in [4.78, 5) is 0. The summed E-state index contributed by atoms with van der Waals surface area (Å²) < 4.78 is 0. The van der Waals surface area contributed by atoms with Crippen LogP contribution in [-0.4, -0.2) is 0 Å². The summed E-state index contributed by atoms with van der Waals surface area (Å²) in [5, 5.41) is 6.88. The Balaban J connectivity index is 1.65. The van der Waals surface area contributed by atoms with Crippen molar-refractivity contribution in [3.8, 4) is 11.1 Å². The first-order chi connectivity index (χ1) is 16.7. The van der Waals surface area contributed by atoms with Crippen LogP contribution in [0.25, 0.3) is 50.9 Å². The lowest BCUT2D eigenvalue weighted by Crippen LogP contribution is -2.22. The Bertz CT molecular complexity index is 1690. The van der Waals surface area contributed by atoms with E-state index in [1.165, 1.54) is 27.3 Å². The summed E-state index contributed by atoms with van der Waals surface area (Å²) in [6.07, 6.45) is 2.15. The van der Waals surface area contributed by atoms with Crippen molar-refractivity contribution in [1.29, 1.82) is 0 Å². The van der Waals surface area contributed by atoms with Gasteiger partial charge < -0.3 is 0 Å². The Kier molecular flexibility index (Phi) is 6.05. The van der Waals surface area contributed by atoms with Gasteiger partial charge in [-0.2, -0.15) is 0 Å². The number of fused-ring (bicyclic) bond motifs is 2. The maximum Gasteiger partial charge on any atom is -0.0106 e. The molecule has 5 aromatic carbocycles. The topological polar surface area (TPSA) is 0 Å². The van der Waals surface area contributed by atoms with E-state index < -0.39 is 0 Å². The molecule has 0 radical (unpaired) electrons. The molecule has 0 N–H and O–H groups in total. The number of allylic oxidation sites excluding steroid dienone is 1. The third-order valence-electron chi connectivity index (χ3n) is 6.14. The Labute approximate surface area is 200 Å². The zero-order valence-corrected chi connectivity index (χ0v) is 19.1. The van der Waals surface area contributed by atoms with Crippen LogP contribution in [0.4, 0.5) is 0 Å². The van der Waals surface area contributed by atoms with Gasteiger partial charge in [0.25, 0.3) is 0 Å². The SMILES string of the molecule is C=C(/C=c1/cc(-c2ccc3ccccc3c2)ccc1=C)c1cccccccc2ccccc12. The summed E-state index contributed by atoms with van der Waals surface area (Å²) in [5.74, 6) is 0. The molecule has 34 heavy (non-hydrogen) atoms. The van der Waals surface area contributed by atoms with Crippen molar-refractivity contribution in [2.45, 2.75) is 0 Å². The number of benzene rings is 4. The van der Waals surface area contributed by atoms with Crippen molar-refractivity contribution in [1.82, 2.24) is 0 Å². The Hall–Kier alpha value is -4.42. The summed E-state index contributed by atoms with van der Waals surface area (Å²) in [6.45, 7) is 8.74. The number of rotatable bonds is 3. The smallest absolute Gasteiger partial charge is 0.0106 e. The second-order valence-electron chi connectivity index (χ2n) is 8.44. The van der Waals surface area contributed by atoms with Gasteiger partial charge in [-0.3, -0.25) is 0 Å². The standard InChI is InChI=1S/C34H26/c1-25-18-19-30(31-21-20-27-12-8-9-15-29(27)23-31)24-32(25)22-26(2)33-16-7-5-3-4-6-13-28-14-10-11-17-34(28)33/h3-24H,1-2H2/b4-3?,5-3?,6-4?,7-5?,13-6?,16-7?,28-13?,32-22-,33-16?,34-33?. The Morgan fingerprint density at radius 2 is 1.12 bits per heavy atom. The van der Waals surface area contributed by atoms with Gasteiger partial charge in [0.2, 0.25) is 0 Å². The Morgan fingerprint density at radius 1 is 0.529 bits per heavy atom. The molecule has 0 aliphatic rings. The molecule has 0 nitrogen and oxygen atoms in total. The first kappa shape index (κ1) is 21.4. The molecule has 0 amide bonds. The molecule has 0 heterocycles. The van der Waals surface area contributed by atoms with Crippen LogP contribution >= 0.6 is 0 Å². The van der Waals surface area contributed by atoms with E-state index in [1.807, 2.05) is 18.2 Å². The number of hydrogen-bond donors (Lipinski definition) is 0. The zero-order valence-electron chi connectivity index (χ0n) is 19.1. The van der Waals surface area contributed by atoms with Gasteiger partial charge in [-0.1, -0.05) is 128 Å². The summed E-state index contributed by atoms with van der Waals surface area (Å²) >= 11 is 0. The van der Waals surface area contributed by atoms with Crippen molar-refractivity contribution < 1.29 is 0 Å². The van der Waals surface area contributed by atoms with E-state index in [9.17, 15) is 0 Å². The molecular weight excluding hydrogens is 408 g/mol. The van der Waals surface area contributed by atoms with E-state index in [4.69, 9.17) is 0 Å². The van der Waals surface area contributed by atoms with Crippen molar-refractivity contribution in [3.63, 3.8) is 0 Å². The van der Waals surface area contributed by atoms with E-state index in [0.717, 1.165) is 27.0 Å². The fourth-order valence-corrected chi connectivity index (χ4v) is 4.30. The van der Waals surface area contributed by atoms with Crippen molar-refractivity contribution in [2.24, 2.45) is 0 Å². The predicted octanol–water partition coefficient (Wildman–Crippen LogP) is 7.69. The molecule has 0 heteroatoms. The monoisotopic (exact) mass is 434 g/mol. The van der Waals surface area contributed by atoms with E-state index >= 15 is 0 Å². The lowest BCUT2D eigenvalue weighted by Gasteiger charge is -2.07. The van der Waals surface area contributed by atoms with Gasteiger partial charge in [-0.15, -0.1) is 0 Å². The highest BCUT2D eigenvalue weighted by Gasteiger charge is 2.03. The maximum atomic E-state index is 4.46. The molecule has 5 aromatic rings. The summed E-state index contributed by atoms with van der Waals surface area (Å²) in [7, 11) is 0. The van der Waals surface area contributed by atoms with E-state index in [1.54, 1.807) is 0 Å². The highest BCUT2D eigenvalue weighted by Crippen LogP contribution is 2.25. The van der Waals surface area contributed by atoms with Gasteiger partial charge >= 0.3 is 0 Å². The fraction of sp³-hybridized carbons (Fsp3) is 0. The van der Waals surface area contributed by atoms with Gasteiger partial charge in [-0.05, 0) is 72.5 Å². The van der Waals surface area contributed by atoms with Crippen molar-refractivity contribution in [3.05, 3.63) is 150 Å². The molecule has 0 fully saturated rings. The average Bonchev–Trinajstić information content (AvgIpc) is 2.87. The molecule has 0 aromatic heterocycles. The molecule has 0 unspecified atom stereocenters. The van der Waals surface area contributed by atoms with Crippen LogP contribution in [0.2, 0.25) is 0 Å². The Morgan fingerprint density at radius 3 is 1.94 bits per heavy atom. The number of hydrogen-bond acceptors (Lipinski definition) is 0. The second kappa shape index (κ2) is 9.60. The molecule has 162 valence electrons. The van der Waals surface area contributed by atoms with E-state index in [2.05, 4.69) is 128 Å². The average molecular weight is 435 g/mol. The van der Waals surface area contributed by atoms with E-state index in [0.29, 0.717) is 0 Å². The van der Waals surface area contributed by atoms with Crippen LogP contribution in [0.5, 0.6) is 0 Å². The van der Waals surface area contributed by atoms with Crippen molar-refractivity contribution in [2.75, 3.05) is 0 Å². The second-order valence-corrected chi connectivity index (χ2v) is 8.44. The van der Waals surface area contributed by atoms with Crippen LogP contribution in [-0.2, 0) is 0 Å². The van der Waals surface area contributed by atoms with Gasteiger partial charge in [-0.25, -0.2) is 0 Å². The van der Waals surface area contributed by atoms with Crippen LogP contribution < -0.4 is 10.4 Å². The van der Waals surface area contributed by atoms with Gasteiger partial charge in [0.15, 0.2) is 0 Å². The molecule has 0 saturated carbocycles. The highest BCUT2D eigenvalue weighted by atomic mass is 14.1. The van der Waals surface area contributed by atoms with Crippen LogP contribution in [0.15, 0.2) is 134 Å². The minimum Gasteiger partial charge on any atom is -0.0912 e. The van der Waals surface area contributed by atoms with Crippen LogP contribution in [0.1, 0.15) is 5.56 Å². The predicted molar refractivity (Wildman–Crippen MR) is 149 cm³/mol. The minimum absolute atomic E-state index is 0.954. The minimum atomic E-state index is 0.954. The van der Waals surface area contributed by atoms with Crippen LogP contribution in [0, 0.1) is 0 Å². The third-order valence-corrected chi connectivity index (χ3v) is 6.14. The third kappa shape index (κ3) is 4.53. The quantitative estimate of drug-likeness (QED) is 0.273. The molecule has 0 aliphatic carbocycles. The normalized spacial score (nSPS) is 11.4. The highest BCUT2D eigenvalue weighted by molar-refractivity contribution is 6.00. The fourth-order valence-electron chi connectivity index (χ4n) is 4.30. The molecule has 5 rings (SSSR count). The molecule has 0 bridgehead atoms. The molecule has 0 saturated heterocycles. The lowest BCUT2D eigenvalue weighted by molar-refractivity contribution is 1.52. The molecular formula is C34H26. The largest absolute Gasteiger partial charge is 0.0912 e. The van der Waals surface area contributed by atoms with Crippen molar-refractivity contribution >= 4 is 39.8 Å². The van der Waals surface area contributed by atoms with Gasteiger partial charge in [0, 0.05) is 0 Å². The summed E-state index contributed by atoms with van der Waals surface area (Å²) in [5.41, 5.74) is 4.42. The zero-order chi connectivity index (χ0) is 23.3. The van der Waals surface area contributed by atoms with E-state index in [-0.39, 0.29) is 0 Å². The lowest BCUT2D eigenvalue weighted by atomic mass is 9.98.